The third kappa shape index (κ3) is 7.35. The molecule has 0 aliphatic carbocycles. The average molecular weight is 531 g/mol. The van der Waals surface area contributed by atoms with Crippen molar-refractivity contribution < 1.29 is 14.2 Å². The number of aryl methyl sites for hydroxylation is 1. The maximum absolute atomic E-state index is 5.78. The Labute approximate surface area is 198 Å². The molecule has 0 aromatic heterocycles. The van der Waals surface area contributed by atoms with E-state index >= 15 is 0 Å². The predicted octanol–water partition coefficient (Wildman–Crippen LogP) is 3.27. The minimum absolute atomic E-state index is 0. The number of ether oxygens (including phenoxy) is 3. The number of guanidine groups is 1. The fraction of sp³-hybridized carbons (Fsp3) is 0.696. The van der Waals surface area contributed by atoms with E-state index in [9.17, 15) is 0 Å². The first-order valence-electron chi connectivity index (χ1n) is 11.0. The minimum atomic E-state index is 0. The van der Waals surface area contributed by atoms with Gasteiger partial charge in [0.1, 0.15) is 0 Å². The molecule has 170 valence electrons. The standard InChI is InChI=1S/C23H37N3O3.HI/c1-19-6-3-4-7-21(19)23(9-14-27-15-10-23)18-26-22(24-2)25-11-5-12-28-16-20-8-13-29-17-20;/h3-4,6-7,20H,5,8-18H2,1-2H3,(H2,24,25,26);1H. The van der Waals surface area contributed by atoms with Gasteiger partial charge in [0.25, 0.3) is 0 Å². The van der Waals surface area contributed by atoms with Crippen LogP contribution >= 0.6 is 24.0 Å². The first-order valence-corrected chi connectivity index (χ1v) is 11.0. The summed E-state index contributed by atoms with van der Waals surface area (Å²) >= 11 is 0. The number of aliphatic imine (C=N–C) groups is 1. The summed E-state index contributed by atoms with van der Waals surface area (Å²) < 4.78 is 16.8. The maximum Gasteiger partial charge on any atom is 0.191 e. The number of nitrogens with one attached hydrogen (secondary N) is 2. The van der Waals surface area contributed by atoms with Gasteiger partial charge >= 0.3 is 0 Å². The average Bonchev–Trinajstić information content (AvgIpc) is 3.27. The highest BCUT2D eigenvalue weighted by atomic mass is 127. The van der Waals surface area contributed by atoms with Gasteiger partial charge in [0.2, 0.25) is 0 Å². The molecule has 0 radical (unpaired) electrons. The molecule has 0 saturated carbocycles. The smallest absolute Gasteiger partial charge is 0.191 e. The lowest BCUT2D eigenvalue weighted by Crippen LogP contribution is -2.48. The molecule has 0 spiro atoms. The molecule has 7 heteroatoms. The van der Waals surface area contributed by atoms with Crippen molar-refractivity contribution in [2.75, 3.05) is 59.8 Å². The van der Waals surface area contributed by atoms with Crippen molar-refractivity contribution in [2.45, 2.75) is 38.0 Å². The second kappa shape index (κ2) is 13.5. The van der Waals surface area contributed by atoms with Crippen LogP contribution in [0.2, 0.25) is 0 Å². The maximum atomic E-state index is 5.78. The number of nitrogens with zero attached hydrogens (tertiary/aromatic N) is 1. The number of benzene rings is 1. The molecule has 2 aliphatic heterocycles. The Morgan fingerprint density at radius 3 is 2.67 bits per heavy atom. The molecule has 0 amide bonds. The summed E-state index contributed by atoms with van der Waals surface area (Å²) in [7, 11) is 1.83. The summed E-state index contributed by atoms with van der Waals surface area (Å²) in [6.07, 6.45) is 4.15. The molecule has 30 heavy (non-hydrogen) atoms. The van der Waals surface area contributed by atoms with E-state index in [-0.39, 0.29) is 29.4 Å². The molecule has 0 bridgehead atoms. The van der Waals surface area contributed by atoms with Gasteiger partial charge < -0.3 is 24.8 Å². The van der Waals surface area contributed by atoms with Crippen molar-refractivity contribution in [1.82, 2.24) is 10.6 Å². The molecule has 2 aliphatic rings. The van der Waals surface area contributed by atoms with Crippen LogP contribution in [0.25, 0.3) is 0 Å². The fourth-order valence-electron chi connectivity index (χ4n) is 4.29. The van der Waals surface area contributed by atoms with Crippen molar-refractivity contribution in [2.24, 2.45) is 10.9 Å². The molecular formula is C23H38IN3O3. The lowest BCUT2D eigenvalue weighted by Gasteiger charge is -2.39. The van der Waals surface area contributed by atoms with E-state index in [1.807, 2.05) is 7.05 Å². The second-order valence-electron chi connectivity index (χ2n) is 8.22. The van der Waals surface area contributed by atoms with E-state index in [2.05, 4.69) is 46.8 Å². The van der Waals surface area contributed by atoms with Gasteiger partial charge in [-0.3, -0.25) is 4.99 Å². The first kappa shape index (κ1) is 25.4. The molecular weight excluding hydrogens is 493 g/mol. The van der Waals surface area contributed by atoms with Gasteiger partial charge in [-0.25, -0.2) is 0 Å². The summed E-state index contributed by atoms with van der Waals surface area (Å²) in [4.78, 5) is 4.41. The van der Waals surface area contributed by atoms with Gasteiger partial charge in [0, 0.05) is 57.9 Å². The summed E-state index contributed by atoms with van der Waals surface area (Å²) in [5, 5.41) is 6.99. The van der Waals surface area contributed by atoms with Crippen LogP contribution in [0.5, 0.6) is 0 Å². The van der Waals surface area contributed by atoms with Crippen molar-refractivity contribution in [3.63, 3.8) is 0 Å². The van der Waals surface area contributed by atoms with Crippen molar-refractivity contribution in [1.29, 1.82) is 0 Å². The zero-order chi connectivity index (χ0) is 20.4. The zero-order valence-electron chi connectivity index (χ0n) is 18.5. The van der Waals surface area contributed by atoms with Gasteiger partial charge in [0.05, 0.1) is 13.2 Å². The lowest BCUT2D eigenvalue weighted by molar-refractivity contribution is 0.0511. The van der Waals surface area contributed by atoms with Crippen molar-refractivity contribution in [3.05, 3.63) is 35.4 Å². The highest BCUT2D eigenvalue weighted by Gasteiger charge is 2.35. The van der Waals surface area contributed by atoms with Gasteiger partial charge in [-0.15, -0.1) is 24.0 Å². The Hall–Kier alpha value is -0.900. The van der Waals surface area contributed by atoms with Gasteiger partial charge in [-0.05, 0) is 43.7 Å². The molecule has 2 fully saturated rings. The summed E-state index contributed by atoms with van der Waals surface area (Å²) in [6, 6.07) is 8.73. The van der Waals surface area contributed by atoms with Crippen LogP contribution in [0.4, 0.5) is 0 Å². The molecule has 1 aromatic carbocycles. The monoisotopic (exact) mass is 531 g/mol. The van der Waals surface area contributed by atoms with E-state index in [1.54, 1.807) is 0 Å². The summed E-state index contributed by atoms with van der Waals surface area (Å²) in [5.74, 6) is 1.43. The first-order chi connectivity index (χ1) is 14.2. The minimum Gasteiger partial charge on any atom is -0.381 e. The Kier molecular flexibility index (Phi) is 11.4. The van der Waals surface area contributed by atoms with E-state index in [0.29, 0.717) is 5.92 Å². The second-order valence-corrected chi connectivity index (χ2v) is 8.22. The van der Waals surface area contributed by atoms with Crippen molar-refractivity contribution >= 4 is 29.9 Å². The van der Waals surface area contributed by atoms with Crippen LogP contribution in [0.1, 0.15) is 36.8 Å². The molecule has 1 aromatic rings. The SMILES string of the molecule is CN=C(NCCCOCC1CCOC1)NCC1(c2ccccc2C)CCOCC1.I. The Morgan fingerprint density at radius 1 is 1.17 bits per heavy atom. The van der Waals surface area contributed by atoms with Gasteiger partial charge in [0.15, 0.2) is 5.96 Å². The summed E-state index contributed by atoms with van der Waals surface area (Å²) in [5.41, 5.74) is 2.87. The highest BCUT2D eigenvalue weighted by molar-refractivity contribution is 14.0. The molecule has 6 nitrogen and oxygen atoms in total. The van der Waals surface area contributed by atoms with E-state index in [4.69, 9.17) is 14.2 Å². The van der Waals surface area contributed by atoms with E-state index < -0.39 is 0 Å². The highest BCUT2D eigenvalue weighted by Crippen LogP contribution is 2.36. The van der Waals surface area contributed by atoms with Crippen LogP contribution in [-0.2, 0) is 19.6 Å². The molecule has 2 N–H and O–H groups in total. The topological polar surface area (TPSA) is 64.1 Å². The van der Waals surface area contributed by atoms with Crippen LogP contribution in [-0.4, -0.2) is 65.7 Å². The third-order valence-electron chi connectivity index (χ3n) is 6.12. The lowest BCUT2D eigenvalue weighted by atomic mass is 9.72. The number of hydrogen-bond acceptors (Lipinski definition) is 4. The molecule has 1 atom stereocenters. The Bertz CT molecular complexity index is 644. The Morgan fingerprint density at radius 2 is 1.97 bits per heavy atom. The number of rotatable bonds is 9. The van der Waals surface area contributed by atoms with Crippen LogP contribution in [0.3, 0.4) is 0 Å². The fourth-order valence-corrected chi connectivity index (χ4v) is 4.29. The largest absolute Gasteiger partial charge is 0.381 e. The van der Waals surface area contributed by atoms with Crippen molar-refractivity contribution in [3.8, 4) is 0 Å². The van der Waals surface area contributed by atoms with Gasteiger partial charge in [-0.2, -0.15) is 0 Å². The normalized spacial score (nSPS) is 21.1. The quantitative estimate of drug-likeness (QED) is 0.222. The number of hydrogen-bond donors (Lipinski definition) is 2. The number of halogens is 1. The molecule has 1 unspecified atom stereocenters. The van der Waals surface area contributed by atoms with Crippen LogP contribution < -0.4 is 10.6 Å². The van der Waals surface area contributed by atoms with E-state index in [1.165, 1.54) is 11.1 Å². The summed E-state index contributed by atoms with van der Waals surface area (Å²) in [6.45, 7) is 8.85. The predicted molar refractivity (Wildman–Crippen MR) is 132 cm³/mol. The van der Waals surface area contributed by atoms with Crippen LogP contribution in [0.15, 0.2) is 29.3 Å². The molecule has 2 heterocycles. The van der Waals surface area contributed by atoms with Gasteiger partial charge in [-0.1, -0.05) is 24.3 Å². The molecule has 3 rings (SSSR count). The Balaban J connectivity index is 0.00000320. The zero-order valence-corrected chi connectivity index (χ0v) is 20.8. The third-order valence-corrected chi connectivity index (χ3v) is 6.12. The molecule has 2 saturated heterocycles. The van der Waals surface area contributed by atoms with E-state index in [0.717, 1.165) is 84.4 Å². The van der Waals surface area contributed by atoms with Crippen LogP contribution in [0, 0.1) is 12.8 Å².